The minimum atomic E-state index is -0.362. The highest BCUT2D eigenvalue weighted by atomic mass is 16.6. The number of ether oxygens (including phenoxy) is 1. The van der Waals surface area contributed by atoms with E-state index in [-0.39, 0.29) is 30.1 Å². The topological polar surface area (TPSA) is 115 Å². The van der Waals surface area contributed by atoms with Crippen LogP contribution in [0.3, 0.4) is 0 Å². The fourth-order valence-corrected chi connectivity index (χ4v) is 1.51. The summed E-state index contributed by atoms with van der Waals surface area (Å²) >= 11 is 0. The number of hydrogen-bond donors (Lipinski definition) is 2. The second-order valence-corrected chi connectivity index (χ2v) is 3.42. The summed E-state index contributed by atoms with van der Waals surface area (Å²) in [5, 5.41) is 15.7. The molecule has 88 valence electrons. The van der Waals surface area contributed by atoms with Gasteiger partial charge in [-0.15, -0.1) is 0 Å². The van der Waals surface area contributed by atoms with Gasteiger partial charge >= 0.3 is 0 Å². The van der Waals surface area contributed by atoms with Crippen LogP contribution in [0, 0.1) is 0 Å². The molecule has 0 saturated carbocycles. The van der Waals surface area contributed by atoms with Crippen molar-refractivity contribution in [1.82, 2.24) is 15.2 Å². The molecule has 1 saturated heterocycles. The van der Waals surface area contributed by atoms with Gasteiger partial charge in [0.2, 0.25) is 11.5 Å². The number of morpholine rings is 1. The quantitative estimate of drug-likeness (QED) is 0.632. The van der Waals surface area contributed by atoms with Crippen LogP contribution in [0.4, 0.5) is 5.82 Å². The summed E-state index contributed by atoms with van der Waals surface area (Å²) in [4.78, 5) is 13.4. The van der Waals surface area contributed by atoms with Crippen LogP contribution in [-0.2, 0) is 4.74 Å². The number of aliphatic hydroxyl groups excluding tert-OH is 1. The number of anilines is 1. The van der Waals surface area contributed by atoms with Gasteiger partial charge in [-0.25, -0.2) is 4.63 Å². The van der Waals surface area contributed by atoms with Crippen molar-refractivity contribution in [2.75, 3.05) is 32.0 Å². The van der Waals surface area contributed by atoms with E-state index in [0.29, 0.717) is 19.7 Å². The van der Waals surface area contributed by atoms with Gasteiger partial charge in [-0.1, -0.05) is 0 Å². The molecule has 0 bridgehead atoms. The second-order valence-electron chi connectivity index (χ2n) is 3.42. The zero-order chi connectivity index (χ0) is 11.5. The van der Waals surface area contributed by atoms with Crippen LogP contribution in [0.5, 0.6) is 0 Å². The monoisotopic (exact) mass is 228 g/mol. The first kappa shape index (κ1) is 10.8. The summed E-state index contributed by atoms with van der Waals surface area (Å²) in [6.07, 6.45) is -0.362. The van der Waals surface area contributed by atoms with Crippen molar-refractivity contribution in [3.05, 3.63) is 5.69 Å². The third kappa shape index (κ3) is 1.97. The van der Waals surface area contributed by atoms with Gasteiger partial charge in [-0.05, 0) is 10.3 Å². The van der Waals surface area contributed by atoms with Gasteiger partial charge in [0.25, 0.3) is 5.91 Å². The molecule has 1 aliphatic heterocycles. The van der Waals surface area contributed by atoms with E-state index in [1.165, 1.54) is 4.90 Å². The Labute approximate surface area is 90.9 Å². The van der Waals surface area contributed by atoms with Crippen molar-refractivity contribution in [3.8, 4) is 0 Å². The molecule has 1 amide bonds. The van der Waals surface area contributed by atoms with Crippen molar-refractivity contribution in [1.29, 1.82) is 0 Å². The lowest BCUT2D eigenvalue weighted by atomic mass is 10.2. The molecule has 8 heteroatoms. The maximum atomic E-state index is 11.9. The third-order valence-electron chi connectivity index (χ3n) is 2.35. The lowest BCUT2D eigenvalue weighted by molar-refractivity contribution is -0.0449. The Balaban J connectivity index is 2.07. The Hall–Kier alpha value is -1.67. The van der Waals surface area contributed by atoms with E-state index in [1.54, 1.807) is 0 Å². The van der Waals surface area contributed by atoms with Crippen LogP contribution in [0.15, 0.2) is 4.63 Å². The predicted octanol–water partition coefficient (Wildman–Crippen LogP) is -1.51. The van der Waals surface area contributed by atoms with Crippen LogP contribution in [0.2, 0.25) is 0 Å². The second kappa shape index (κ2) is 4.45. The molecule has 1 aliphatic rings. The van der Waals surface area contributed by atoms with E-state index in [2.05, 4.69) is 14.9 Å². The highest BCUT2D eigenvalue weighted by molar-refractivity contribution is 5.96. The lowest BCUT2D eigenvalue weighted by Crippen LogP contribution is -2.47. The van der Waals surface area contributed by atoms with Crippen LogP contribution >= 0.6 is 0 Å². The number of nitrogen functional groups attached to an aromatic ring is 1. The summed E-state index contributed by atoms with van der Waals surface area (Å²) in [5.41, 5.74) is 5.42. The van der Waals surface area contributed by atoms with Gasteiger partial charge in [-0.3, -0.25) is 4.79 Å². The Morgan fingerprint density at radius 3 is 3.06 bits per heavy atom. The zero-order valence-electron chi connectivity index (χ0n) is 8.50. The number of aromatic nitrogens is 2. The summed E-state index contributed by atoms with van der Waals surface area (Å²) in [6, 6.07) is 0. The number of nitrogens with two attached hydrogens (primary N) is 1. The number of aliphatic hydroxyl groups is 1. The molecule has 8 nitrogen and oxygen atoms in total. The molecule has 2 heterocycles. The first-order chi connectivity index (χ1) is 7.72. The molecule has 2 rings (SSSR count). The predicted molar refractivity (Wildman–Crippen MR) is 51.4 cm³/mol. The molecule has 0 aromatic carbocycles. The largest absolute Gasteiger partial charge is 0.394 e. The van der Waals surface area contributed by atoms with Gasteiger partial charge < -0.3 is 20.5 Å². The third-order valence-corrected chi connectivity index (χ3v) is 2.35. The first-order valence-electron chi connectivity index (χ1n) is 4.82. The average Bonchev–Trinajstić information content (AvgIpc) is 2.74. The van der Waals surface area contributed by atoms with Crippen molar-refractivity contribution < 1.29 is 19.3 Å². The normalized spacial score (nSPS) is 21.1. The van der Waals surface area contributed by atoms with Crippen molar-refractivity contribution in [2.24, 2.45) is 0 Å². The Kier molecular flexibility index (Phi) is 3.02. The molecule has 0 spiro atoms. The lowest BCUT2D eigenvalue weighted by Gasteiger charge is -2.31. The van der Waals surface area contributed by atoms with E-state index in [9.17, 15) is 4.79 Å². The summed E-state index contributed by atoms with van der Waals surface area (Å²) in [5.74, 6) is -0.391. The van der Waals surface area contributed by atoms with Crippen LogP contribution < -0.4 is 5.73 Å². The number of carbonyl (C=O) groups is 1. The summed E-state index contributed by atoms with van der Waals surface area (Å²) in [7, 11) is 0. The first-order valence-corrected chi connectivity index (χ1v) is 4.82. The van der Waals surface area contributed by atoms with E-state index >= 15 is 0 Å². The van der Waals surface area contributed by atoms with Gasteiger partial charge in [0.15, 0.2) is 0 Å². The Bertz CT molecular complexity index is 380. The van der Waals surface area contributed by atoms with Crippen LogP contribution in [0.1, 0.15) is 10.5 Å². The van der Waals surface area contributed by atoms with Crippen molar-refractivity contribution in [2.45, 2.75) is 6.10 Å². The number of nitrogens with zero attached hydrogens (tertiary/aromatic N) is 3. The maximum absolute atomic E-state index is 11.9. The molecule has 3 N–H and O–H groups in total. The molecule has 1 aromatic rings. The van der Waals surface area contributed by atoms with Gasteiger partial charge in [0, 0.05) is 13.1 Å². The average molecular weight is 228 g/mol. The van der Waals surface area contributed by atoms with Gasteiger partial charge in [0.05, 0.1) is 19.3 Å². The highest BCUT2D eigenvalue weighted by Crippen LogP contribution is 2.12. The fraction of sp³-hybridized carbons (Fsp3) is 0.625. The number of rotatable bonds is 2. The van der Waals surface area contributed by atoms with Crippen LogP contribution in [-0.4, -0.2) is 58.6 Å². The SMILES string of the molecule is Nc1nonc1C(=O)N1CCOC(CO)C1. The Morgan fingerprint density at radius 1 is 1.62 bits per heavy atom. The number of hydrogen-bond acceptors (Lipinski definition) is 7. The zero-order valence-corrected chi connectivity index (χ0v) is 8.50. The summed E-state index contributed by atoms with van der Waals surface area (Å²) in [6.45, 7) is 0.988. The minimum Gasteiger partial charge on any atom is -0.394 e. The molecule has 0 radical (unpaired) electrons. The molecular formula is C8H12N4O4. The number of carbonyl (C=O) groups excluding carboxylic acids is 1. The van der Waals surface area contributed by atoms with Crippen molar-refractivity contribution in [3.63, 3.8) is 0 Å². The molecular weight excluding hydrogens is 216 g/mol. The molecule has 1 aromatic heterocycles. The minimum absolute atomic E-state index is 0.00131. The fourth-order valence-electron chi connectivity index (χ4n) is 1.51. The maximum Gasteiger partial charge on any atom is 0.280 e. The van der Waals surface area contributed by atoms with Gasteiger partial charge in [0.1, 0.15) is 0 Å². The molecule has 1 unspecified atom stereocenters. The van der Waals surface area contributed by atoms with E-state index in [4.69, 9.17) is 15.6 Å². The molecule has 16 heavy (non-hydrogen) atoms. The van der Waals surface area contributed by atoms with Crippen LogP contribution in [0.25, 0.3) is 0 Å². The molecule has 1 fully saturated rings. The standard InChI is InChI=1S/C8H12N4O4/c9-7-6(10-16-11-7)8(14)12-1-2-15-5(3-12)4-13/h5,13H,1-4H2,(H2,9,11). The highest BCUT2D eigenvalue weighted by Gasteiger charge is 2.28. The van der Waals surface area contributed by atoms with E-state index in [0.717, 1.165) is 0 Å². The Morgan fingerprint density at radius 2 is 2.44 bits per heavy atom. The van der Waals surface area contributed by atoms with Crippen molar-refractivity contribution >= 4 is 11.7 Å². The molecule has 1 atom stereocenters. The van der Waals surface area contributed by atoms with E-state index < -0.39 is 0 Å². The molecule has 0 aliphatic carbocycles. The summed E-state index contributed by atoms with van der Waals surface area (Å²) < 4.78 is 9.58. The van der Waals surface area contributed by atoms with Gasteiger partial charge in [-0.2, -0.15) is 0 Å². The van der Waals surface area contributed by atoms with E-state index in [1.807, 2.05) is 0 Å². The smallest absolute Gasteiger partial charge is 0.280 e. The number of amides is 1.